The Kier molecular flexibility index (Phi) is 3.17. The zero-order valence-corrected chi connectivity index (χ0v) is 10.1. The third-order valence-electron chi connectivity index (χ3n) is 2.29. The van der Waals surface area contributed by atoms with Crippen molar-refractivity contribution in [1.82, 2.24) is 9.97 Å². The minimum Gasteiger partial charge on any atom is -0.383 e. The van der Waals surface area contributed by atoms with E-state index < -0.39 is 0 Å². The summed E-state index contributed by atoms with van der Waals surface area (Å²) in [7, 11) is 0. The van der Waals surface area contributed by atoms with Crippen molar-refractivity contribution in [3.05, 3.63) is 52.4 Å². The summed E-state index contributed by atoms with van der Waals surface area (Å²) >= 11 is 3.36. The lowest BCUT2D eigenvalue weighted by molar-refractivity contribution is 0.858. The molecule has 82 valence electrons. The van der Waals surface area contributed by atoms with Crippen molar-refractivity contribution in [3.8, 4) is 0 Å². The van der Waals surface area contributed by atoms with Gasteiger partial charge in [0.05, 0.1) is 6.04 Å². The summed E-state index contributed by atoms with van der Waals surface area (Å²) in [6.45, 7) is 0. The number of pyridine rings is 2. The maximum atomic E-state index is 6.11. The molecule has 5 heteroatoms. The van der Waals surface area contributed by atoms with Gasteiger partial charge < -0.3 is 11.5 Å². The molecule has 4 N–H and O–H groups in total. The van der Waals surface area contributed by atoms with Crippen LogP contribution in [-0.2, 0) is 0 Å². The van der Waals surface area contributed by atoms with Crippen molar-refractivity contribution < 1.29 is 0 Å². The van der Waals surface area contributed by atoms with Gasteiger partial charge in [-0.2, -0.15) is 0 Å². The second kappa shape index (κ2) is 4.59. The van der Waals surface area contributed by atoms with Crippen molar-refractivity contribution in [2.75, 3.05) is 5.73 Å². The van der Waals surface area contributed by atoms with E-state index in [4.69, 9.17) is 11.5 Å². The summed E-state index contributed by atoms with van der Waals surface area (Å²) in [5.41, 5.74) is 13.6. The summed E-state index contributed by atoms with van der Waals surface area (Å²) in [5, 5.41) is 0. The molecule has 0 fully saturated rings. The minimum atomic E-state index is -0.307. The molecule has 16 heavy (non-hydrogen) atoms. The summed E-state index contributed by atoms with van der Waals surface area (Å²) in [6.07, 6.45) is 5.08. The van der Waals surface area contributed by atoms with Gasteiger partial charge in [-0.15, -0.1) is 0 Å². The lowest BCUT2D eigenvalue weighted by atomic mass is 10.0. The predicted molar refractivity (Wildman–Crippen MR) is 66.6 cm³/mol. The molecule has 2 aromatic rings. The quantitative estimate of drug-likeness (QED) is 0.879. The van der Waals surface area contributed by atoms with Crippen LogP contribution in [0, 0.1) is 0 Å². The minimum absolute atomic E-state index is 0.307. The van der Waals surface area contributed by atoms with Crippen molar-refractivity contribution in [2.45, 2.75) is 6.04 Å². The lowest BCUT2D eigenvalue weighted by Crippen LogP contribution is -2.14. The number of anilines is 1. The first-order chi connectivity index (χ1) is 7.68. The molecule has 2 aromatic heterocycles. The molecule has 2 rings (SSSR count). The molecule has 0 amide bonds. The van der Waals surface area contributed by atoms with Gasteiger partial charge in [-0.1, -0.05) is 6.07 Å². The average molecular weight is 279 g/mol. The zero-order valence-electron chi connectivity index (χ0n) is 8.47. The zero-order chi connectivity index (χ0) is 11.5. The lowest BCUT2D eigenvalue weighted by Gasteiger charge is -2.13. The van der Waals surface area contributed by atoms with Crippen LogP contribution in [0.5, 0.6) is 0 Å². The third kappa shape index (κ3) is 2.20. The molecule has 1 unspecified atom stereocenters. The fourth-order valence-electron chi connectivity index (χ4n) is 1.47. The van der Waals surface area contributed by atoms with E-state index in [1.165, 1.54) is 0 Å². The first-order valence-corrected chi connectivity index (χ1v) is 5.54. The molecule has 0 saturated heterocycles. The number of halogens is 1. The maximum absolute atomic E-state index is 6.11. The molecule has 0 saturated carbocycles. The van der Waals surface area contributed by atoms with Crippen LogP contribution in [0.25, 0.3) is 0 Å². The molecule has 0 aromatic carbocycles. The van der Waals surface area contributed by atoms with Crippen LogP contribution in [0.15, 0.2) is 41.3 Å². The molecule has 2 heterocycles. The van der Waals surface area contributed by atoms with Gasteiger partial charge in [-0.05, 0) is 33.6 Å². The molecular weight excluding hydrogens is 268 g/mol. The van der Waals surface area contributed by atoms with Crippen LogP contribution >= 0.6 is 15.9 Å². The largest absolute Gasteiger partial charge is 0.383 e. The second-order valence-corrected chi connectivity index (χ2v) is 4.31. The van der Waals surface area contributed by atoms with E-state index in [1.54, 1.807) is 18.6 Å². The van der Waals surface area contributed by atoms with Crippen LogP contribution in [0.4, 0.5) is 5.82 Å². The Hall–Kier alpha value is -1.46. The Morgan fingerprint density at radius 2 is 2.12 bits per heavy atom. The van der Waals surface area contributed by atoms with Gasteiger partial charge in [0.15, 0.2) is 0 Å². The normalized spacial score (nSPS) is 12.4. The predicted octanol–water partition coefficient (Wildman–Crippen LogP) is 1.87. The van der Waals surface area contributed by atoms with E-state index in [-0.39, 0.29) is 6.04 Å². The van der Waals surface area contributed by atoms with E-state index in [0.29, 0.717) is 5.82 Å². The number of nitrogens with two attached hydrogens (primary N) is 2. The van der Waals surface area contributed by atoms with Crippen LogP contribution < -0.4 is 11.5 Å². The Balaban J connectivity index is 2.39. The molecule has 0 aliphatic heterocycles. The molecular formula is C11H11BrN4. The Morgan fingerprint density at radius 1 is 1.31 bits per heavy atom. The van der Waals surface area contributed by atoms with Gasteiger partial charge in [0.25, 0.3) is 0 Å². The number of nitrogen functional groups attached to an aromatic ring is 1. The van der Waals surface area contributed by atoms with Crippen LogP contribution in [0.3, 0.4) is 0 Å². The maximum Gasteiger partial charge on any atom is 0.128 e. The second-order valence-electron chi connectivity index (χ2n) is 3.39. The van der Waals surface area contributed by atoms with Crippen LogP contribution in [0.1, 0.15) is 17.2 Å². The topological polar surface area (TPSA) is 77.8 Å². The van der Waals surface area contributed by atoms with Gasteiger partial charge in [0.1, 0.15) is 5.82 Å². The van der Waals surface area contributed by atoms with E-state index in [0.717, 1.165) is 15.6 Å². The number of hydrogen-bond acceptors (Lipinski definition) is 4. The molecule has 0 radical (unpaired) electrons. The van der Waals surface area contributed by atoms with E-state index in [1.807, 2.05) is 18.2 Å². The molecule has 4 nitrogen and oxygen atoms in total. The summed E-state index contributed by atoms with van der Waals surface area (Å²) in [5.74, 6) is 0.454. The van der Waals surface area contributed by atoms with Gasteiger partial charge >= 0.3 is 0 Å². The molecule has 0 bridgehead atoms. The fraction of sp³-hybridized carbons (Fsp3) is 0.0909. The van der Waals surface area contributed by atoms with Gasteiger partial charge in [0.2, 0.25) is 0 Å². The summed E-state index contributed by atoms with van der Waals surface area (Å²) < 4.78 is 0.892. The van der Waals surface area contributed by atoms with E-state index in [9.17, 15) is 0 Å². The molecule has 0 aliphatic carbocycles. The van der Waals surface area contributed by atoms with Crippen molar-refractivity contribution in [3.63, 3.8) is 0 Å². The molecule has 1 atom stereocenters. The first-order valence-electron chi connectivity index (χ1n) is 4.75. The molecule has 0 spiro atoms. The highest BCUT2D eigenvalue weighted by Gasteiger charge is 2.12. The highest BCUT2D eigenvalue weighted by atomic mass is 79.9. The van der Waals surface area contributed by atoms with E-state index in [2.05, 4.69) is 25.9 Å². The first kappa shape index (κ1) is 11.0. The highest BCUT2D eigenvalue weighted by molar-refractivity contribution is 9.10. The Morgan fingerprint density at radius 3 is 2.81 bits per heavy atom. The number of rotatable bonds is 2. The van der Waals surface area contributed by atoms with Crippen LogP contribution in [0.2, 0.25) is 0 Å². The smallest absolute Gasteiger partial charge is 0.128 e. The van der Waals surface area contributed by atoms with Crippen molar-refractivity contribution in [1.29, 1.82) is 0 Å². The van der Waals surface area contributed by atoms with Gasteiger partial charge in [0, 0.05) is 28.6 Å². The number of nitrogens with zero attached hydrogens (tertiary/aromatic N) is 2. The standard InChI is InChI=1S/C11H11BrN4/c12-8-4-7(5-15-6-8)10(13)9-2-1-3-16-11(9)14/h1-6,10H,13H2,(H2,14,16). The Labute approximate surface area is 102 Å². The molecule has 0 aliphatic rings. The summed E-state index contributed by atoms with van der Waals surface area (Å²) in [6, 6.07) is 5.30. The highest BCUT2D eigenvalue weighted by Crippen LogP contribution is 2.24. The number of hydrogen-bond donors (Lipinski definition) is 2. The number of aromatic nitrogens is 2. The Bertz CT molecular complexity index is 501. The van der Waals surface area contributed by atoms with E-state index >= 15 is 0 Å². The van der Waals surface area contributed by atoms with Gasteiger partial charge in [-0.25, -0.2) is 4.98 Å². The monoisotopic (exact) mass is 278 g/mol. The fourth-order valence-corrected chi connectivity index (χ4v) is 1.85. The van der Waals surface area contributed by atoms with Crippen molar-refractivity contribution >= 4 is 21.7 Å². The van der Waals surface area contributed by atoms with Gasteiger partial charge in [-0.3, -0.25) is 4.98 Å². The van der Waals surface area contributed by atoms with Crippen molar-refractivity contribution in [2.24, 2.45) is 5.73 Å². The average Bonchev–Trinajstić information content (AvgIpc) is 2.29. The summed E-state index contributed by atoms with van der Waals surface area (Å²) in [4.78, 5) is 8.09. The SMILES string of the molecule is Nc1ncccc1C(N)c1cncc(Br)c1. The van der Waals surface area contributed by atoms with Crippen LogP contribution in [-0.4, -0.2) is 9.97 Å². The third-order valence-corrected chi connectivity index (χ3v) is 2.73.